The van der Waals surface area contributed by atoms with E-state index in [2.05, 4.69) is 15.3 Å². The van der Waals surface area contributed by atoms with Gasteiger partial charge in [-0.15, -0.1) is 0 Å². The smallest absolute Gasteiger partial charge is 0.393 e. The molecule has 2 aliphatic heterocycles. The Morgan fingerprint density at radius 2 is 1.96 bits per heavy atom. The molecule has 3 aromatic rings. The van der Waals surface area contributed by atoms with Gasteiger partial charge in [0.25, 0.3) is 11.5 Å². The molecular formula is C29H33N6O14P. The third kappa shape index (κ3) is 8.14. The van der Waals surface area contributed by atoms with E-state index in [1.54, 1.807) is 36.4 Å². The molecule has 0 spiro atoms. The maximum atomic E-state index is 13.8. The van der Waals surface area contributed by atoms with E-state index in [-0.39, 0.29) is 24.2 Å². The highest BCUT2D eigenvalue weighted by Crippen LogP contribution is 2.57. The van der Waals surface area contributed by atoms with E-state index in [9.17, 15) is 44.2 Å². The lowest BCUT2D eigenvalue weighted by Crippen LogP contribution is -2.43. The number of benzene rings is 1. The van der Waals surface area contributed by atoms with Gasteiger partial charge in [-0.05, 0) is 25.1 Å². The number of aromatic nitrogens is 4. The molecule has 2 aromatic heterocycles. The summed E-state index contributed by atoms with van der Waals surface area (Å²) in [5.74, 6) is -3.27. The summed E-state index contributed by atoms with van der Waals surface area (Å²) < 4.78 is 42.6. The number of carbonyl (C=O) groups is 1. The number of ether oxygens (including phenoxy) is 2. The molecule has 0 radical (unpaired) electrons. The zero-order valence-corrected chi connectivity index (χ0v) is 27.1. The van der Waals surface area contributed by atoms with Crippen LogP contribution in [0.1, 0.15) is 47.6 Å². The first-order valence-corrected chi connectivity index (χ1v) is 16.5. The highest BCUT2D eigenvalue weighted by molar-refractivity contribution is 7.48. The Hall–Kier alpha value is -4.39. The van der Waals surface area contributed by atoms with Gasteiger partial charge >= 0.3 is 19.2 Å². The fraction of sp³-hybridized carbons (Fsp3) is 0.448. The largest absolute Gasteiger partial charge is 0.479 e. The number of phosphoric acid groups is 1. The minimum atomic E-state index is -5.14. The molecule has 1 aromatic carbocycles. The Bertz CT molecular complexity index is 1960. The number of aliphatic hydroxyl groups excluding tert-OH is 3. The molecular weight excluding hydrogens is 687 g/mol. The molecule has 6 N–H and O–H groups in total. The average Bonchev–Trinajstić information content (AvgIpc) is 3.61. The van der Waals surface area contributed by atoms with Crippen LogP contribution in [-0.2, 0) is 27.6 Å². The number of H-pyrrole nitrogens is 1. The van der Waals surface area contributed by atoms with Gasteiger partial charge < -0.3 is 35.2 Å². The lowest BCUT2D eigenvalue weighted by molar-refractivity contribution is -0.211. The van der Waals surface area contributed by atoms with Crippen LogP contribution in [0.3, 0.4) is 0 Å². The van der Waals surface area contributed by atoms with Crippen LogP contribution in [-0.4, -0.2) is 89.0 Å². The summed E-state index contributed by atoms with van der Waals surface area (Å²) in [5, 5.41) is 54.3. The van der Waals surface area contributed by atoms with Crippen molar-refractivity contribution < 1.29 is 52.8 Å². The first-order chi connectivity index (χ1) is 23.8. The van der Waals surface area contributed by atoms with Crippen molar-refractivity contribution in [3.8, 4) is 6.07 Å². The SMILES string of the molecule is Cc1cn([C@H]2C[C@](O)(OP(=O)(OCCC#N)OC(O)[C@H]3O[C@@H](n4ccc(NC(=O)c5ccccc5)nc4=O)C[C@@H]3O)[C@@H](CO)O2)c(=O)[nH]c1=O. The Morgan fingerprint density at radius 1 is 1.22 bits per heavy atom. The second-order valence-corrected chi connectivity index (χ2v) is 12.8. The zero-order chi connectivity index (χ0) is 36.2. The van der Waals surface area contributed by atoms with Crippen LogP contribution >= 0.6 is 7.82 Å². The van der Waals surface area contributed by atoms with Gasteiger partial charge in [-0.1, -0.05) is 18.2 Å². The molecule has 1 amide bonds. The van der Waals surface area contributed by atoms with Crippen molar-refractivity contribution in [2.45, 2.75) is 69.0 Å². The Kier molecular flexibility index (Phi) is 11.2. The van der Waals surface area contributed by atoms with Crippen molar-refractivity contribution in [2.75, 3.05) is 18.5 Å². The highest BCUT2D eigenvalue weighted by atomic mass is 31.2. The molecule has 21 heteroatoms. The maximum absolute atomic E-state index is 13.8. The second-order valence-electron chi connectivity index (χ2n) is 11.2. The summed E-state index contributed by atoms with van der Waals surface area (Å²) in [6.45, 7) is -0.121. The number of rotatable bonds is 13. The van der Waals surface area contributed by atoms with Crippen molar-refractivity contribution in [3.05, 3.63) is 91.2 Å². The molecule has 8 atom stereocenters. The number of nitrogens with zero attached hydrogens (tertiary/aromatic N) is 4. The number of amides is 1. The van der Waals surface area contributed by atoms with Crippen LogP contribution in [0.5, 0.6) is 0 Å². The summed E-state index contributed by atoms with van der Waals surface area (Å²) in [6.07, 6.45) is -8.69. The van der Waals surface area contributed by atoms with Crippen LogP contribution in [0, 0.1) is 18.3 Å². The van der Waals surface area contributed by atoms with Crippen molar-refractivity contribution in [3.63, 3.8) is 0 Å². The van der Waals surface area contributed by atoms with E-state index in [4.69, 9.17) is 28.3 Å². The number of hydrogen-bond acceptors (Lipinski definition) is 16. The Balaban J connectivity index is 1.30. The number of aliphatic hydroxyl groups is 4. The predicted molar refractivity (Wildman–Crippen MR) is 166 cm³/mol. The molecule has 0 saturated carbocycles. The van der Waals surface area contributed by atoms with Gasteiger partial charge in [0.05, 0.1) is 38.2 Å². The molecule has 50 heavy (non-hydrogen) atoms. The monoisotopic (exact) mass is 720 g/mol. The molecule has 2 aliphatic rings. The molecule has 0 bridgehead atoms. The minimum absolute atomic E-state index is 0.0658. The van der Waals surface area contributed by atoms with Crippen molar-refractivity contribution in [1.82, 2.24) is 19.1 Å². The van der Waals surface area contributed by atoms with Gasteiger partial charge in [-0.3, -0.25) is 37.3 Å². The summed E-state index contributed by atoms with van der Waals surface area (Å²) in [6, 6.07) is 11.2. The van der Waals surface area contributed by atoms with E-state index in [1.807, 2.05) is 0 Å². The Labute approximate surface area is 281 Å². The number of anilines is 1. The number of aryl methyl sites for hydroxylation is 1. The van der Waals surface area contributed by atoms with E-state index >= 15 is 0 Å². The predicted octanol–water partition coefficient (Wildman–Crippen LogP) is -0.639. The standard InChI is InChI=1S/C29H33N6O14P/c1-16-14-35(28(42)33-24(16)38)22-13-29(43,19(15-36)46-22)49-50(44,45-11-5-9-30)48-26(40)23-18(37)12-21(47-23)34-10-8-20(32-27(34)41)31-25(39)17-6-3-2-4-7-17/h2-4,6-8,10,14,18-19,21-23,26,36-37,40,43H,5,11-13,15H2,1H3,(H,33,38,42)(H,31,32,39,41)/t18-,19+,21+,22+,23-,26?,29-,50?/m0/s1. The van der Waals surface area contributed by atoms with E-state index in [0.717, 1.165) is 15.3 Å². The van der Waals surface area contributed by atoms with E-state index in [1.165, 1.54) is 19.2 Å². The van der Waals surface area contributed by atoms with Crippen LogP contribution < -0.4 is 22.3 Å². The van der Waals surface area contributed by atoms with Crippen LogP contribution in [0.2, 0.25) is 0 Å². The average molecular weight is 721 g/mol. The normalized spacial score (nSPS) is 26.6. The third-order valence-electron chi connectivity index (χ3n) is 7.72. The molecule has 4 heterocycles. The fourth-order valence-corrected chi connectivity index (χ4v) is 6.66. The van der Waals surface area contributed by atoms with Crippen LogP contribution in [0.25, 0.3) is 0 Å². The summed E-state index contributed by atoms with van der Waals surface area (Å²) >= 11 is 0. The van der Waals surface area contributed by atoms with E-state index in [0.29, 0.717) is 5.56 Å². The van der Waals surface area contributed by atoms with Crippen molar-refractivity contribution in [1.29, 1.82) is 5.26 Å². The number of nitrogens with one attached hydrogen (secondary N) is 2. The lowest BCUT2D eigenvalue weighted by atomic mass is 10.1. The highest BCUT2D eigenvalue weighted by Gasteiger charge is 2.55. The van der Waals surface area contributed by atoms with Gasteiger partial charge in [-0.2, -0.15) is 10.2 Å². The molecule has 5 rings (SSSR count). The van der Waals surface area contributed by atoms with Crippen LogP contribution in [0.4, 0.5) is 5.82 Å². The number of aromatic amines is 1. The summed E-state index contributed by atoms with van der Waals surface area (Å²) in [5.41, 5.74) is -2.04. The van der Waals surface area contributed by atoms with E-state index < -0.39 is 93.1 Å². The topological polar surface area (TPSA) is 287 Å². The molecule has 20 nitrogen and oxygen atoms in total. The first-order valence-electron chi connectivity index (χ1n) is 15.0. The third-order valence-corrected chi connectivity index (χ3v) is 9.23. The van der Waals surface area contributed by atoms with Crippen molar-refractivity contribution >= 4 is 19.5 Å². The van der Waals surface area contributed by atoms with Gasteiger partial charge in [0.1, 0.15) is 30.5 Å². The second kappa shape index (κ2) is 15.2. The van der Waals surface area contributed by atoms with Crippen molar-refractivity contribution in [2.24, 2.45) is 0 Å². The summed E-state index contributed by atoms with van der Waals surface area (Å²) in [7, 11) is -5.14. The van der Waals surface area contributed by atoms with Gasteiger partial charge in [-0.25, -0.2) is 14.2 Å². The van der Waals surface area contributed by atoms with Gasteiger partial charge in [0.2, 0.25) is 5.79 Å². The van der Waals surface area contributed by atoms with Crippen LogP contribution in [0.15, 0.2) is 63.2 Å². The number of nitriles is 1. The maximum Gasteiger partial charge on any atom is 0.479 e. The number of phosphoric ester groups is 1. The molecule has 268 valence electrons. The molecule has 2 unspecified atom stereocenters. The lowest BCUT2D eigenvalue weighted by Gasteiger charge is -2.32. The van der Waals surface area contributed by atoms with Gasteiger partial charge in [0.15, 0.2) is 6.29 Å². The van der Waals surface area contributed by atoms with Gasteiger partial charge in [0, 0.05) is 29.9 Å². The molecule has 2 fully saturated rings. The minimum Gasteiger partial charge on any atom is -0.393 e. The number of hydrogen-bond donors (Lipinski definition) is 6. The fourth-order valence-electron chi connectivity index (χ4n) is 5.22. The Morgan fingerprint density at radius 3 is 2.64 bits per heavy atom. The molecule has 0 aliphatic carbocycles. The first kappa shape index (κ1) is 36.9. The molecule has 2 saturated heterocycles. The quantitative estimate of drug-likeness (QED) is 0.0727. The summed E-state index contributed by atoms with van der Waals surface area (Å²) in [4.78, 5) is 55.4. The number of carbonyl (C=O) groups excluding carboxylic acids is 1. The zero-order valence-electron chi connectivity index (χ0n) is 26.2.